The molecule has 0 unspecified atom stereocenters. The average Bonchev–Trinajstić information content (AvgIpc) is 2.71. The first kappa shape index (κ1) is 14.2. The second-order valence-corrected chi connectivity index (χ2v) is 5.35. The molecule has 1 aliphatic rings. The Hall–Kier alpha value is -1.18. The first-order valence-corrected chi connectivity index (χ1v) is 7.17. The molecule has 0 aromatic carbocycles. The minimum Gasteiger partial charge on any atom is -0.466 e. The quantitative estimate of drug-likeness (QED) is 0.792. The van der Waals surface area contributed by atoms with Crippen molar-refractivity contribution in [3.63, 3.8) is 0 Å². The van der Waals surface area contributed by atoms with E-state index >= 15 is 0 Å². The summed E-state index contributed by atoms with van der Waals surface area (Å²) in [6.45, 7) is 5.94. The number of hydrogen-bond donors (Lipinski definition) is 1. The molecular weight excluding hydrogens is 268 g/mol. The highest BCUT2D eigenvalue weighted by atomic mass is 32.1. The van der Waals surface area contributed by atoms with Gasteiger partial charge in [-0.25, -0.2) is 0 Å². The normalized spacial score (nSPS) is 16.5. The van der Waals surface area contributed by atoms with Crippen LogP contribution in [0.15, 0.2) is 4.79 Å². The summed E-state index contributed by atoms with van der Waals surface area (Å²) >= 11 is 1.17. The molecule has 0 aliphatic carbocycles. The molecule has 6 nitrogen and oxygen atoms in total. The van der Waals surface area contributed by atoms with Gasteiger partial charge in [-0.15, -0.1) is 0 Å². The fourth-order valence-corrected chi connectivity index (χ4v) is 2.87. The van der Waals surface area contributed by atoms with E-state index in [1.54, 1.807) is 6.92 Å². The maximum absolute atomic E-state index is 11.5. The fourth-order valence-electron chi connectivity index (χ4n) is 1.98. The summed E-state index contributed by atoms with van der Waals surface area (Å²) < 4.78 is 10.2. The molecule has 2 rings (SSSR count). The fraction of sp³-hybridized carbons (Fsp3) is 0.667. The number of carbonyl (C=O) groups is 1. The summed E-state index contributed by atoms with van der Waals surface area (Å²) in [7, 11) is 0. The average molecular weight is 286 g/mol. The smallest absolute Gasteiger partial charge is 0.311 e. The number of esters is 1. The zero-order valence-corrected chi connectivity index (χ0v) is 11.8. The molecule has 2 heterocycles. The van der Waals surface area contributed by atoms with Crippen molar-refractivity contribution in [1.82, 2.24) is 9.88 Å². The number of aromatic amines is 1. The van der Waals surface area contributed by atoms with Crippen LogP contribution in [0.25, 0.3) is 0 Å². The Morgan fingerprint density at radius 3 is 2.89 bits per heavy atom. The summed E-state index contributed by atoms with van der Waals surface area (Å²) in [6.07, 6.45) is 0.131. The monoisotopic (exact) mass is 286 g/mol. The van der Waals surface area contributed by atoms with Crippen LogP contribution in [0.4, 0.5) is 0 Å². The molecule has 1 N–H and O–H groups in total. The van der Waals surface area contributed by atoms with Crippen molar-refractivity contribution in [2.75, 3.05) is 32.9 Å². The van der Waals surface area contributed by atoms with Crippen molar-refractivity contribution in [2.45, 2.75) is 19.9 Å². The maximum atomic E-state index is 11.5. The summed E-state index contributed by atoms with van der Waals surface area (Å²) in [5.74, 6) is -0.306. The van der Waals surface area contributed by atoms with E-state index in [0.29, 0.717) is 32.1 Å². The van der Waals surface area contributed by atoms with E-state index in [0.717, 1.165) is 18.0 Å². The molecule has 0 amide bonds. The largest absolute Gasteiger partial charge is 0.466 e. The Balaban J connectivity index is 2.02. The molecule has 19 heavy (non-hydrogen) atoms. The van der Waals surface area contributed by atoms with E-state index in [1.807, 2.05) is 0 Å². The molecule has 1 aliphatic heterocycles. The second-order valence-electron chi connectivity index (χ2n) is 4.29. The molecule has 0 spiro atoms. The second kappa shape index (κ2) is 6.83. The molecule has 1 aromatic rings. The molecule has 7 heteroatoms. The number of carbonyl (C=O) groups excluding carboxylic acids is 1. The third-order valence-electron chi connectivity index (χ3n) is 2.90. The molecule has 1 fully saturated rings. The van der Waals surface area contributed by atoms with Crippen LogP contribution in [-0.4, -0.2) is 48.8 Å². The summed E-state index contributed by atoms with van der Waals surface area (Å²) in [5, 5.41) is 0. The first-order chi connectivity index (χ1) is 9.19. The third-order valence-corrected chi connectivity index (χ3v) is 3.81. The maximum Gasteiger partial charge on any atom is 0.311 e. The molecular formula is C12H18N2O4S. The number of rotatable bonds is 5. The van der Waals surface area contributed by atoms with Crippen molar-refractivity contribution in [2.24, 2.45) is 0 Å². The van der Waals surface area contributed by atoms with Crippen molar-refractivity contribution >= 4 is 17.3 Å². The van der Waals surface area contributed by atoms with Crippen molar-refractivity contribution < 1.29 is 14.3 Å². The Morgan fingerprint density at radius 2 is 2.21 bits per heavy atom. The van der Waals surface area contributed by atoms with Gasteiger partial charge in [-0.05, 0) is 6.92 Å². The summed E-state index contributed by atoms with van der Waals surface area (Å²) in [5.41, 5.74) is 0.681. The number of morpholine rings is 1. The number of thiazole rings is 1. The minimum absolute atomic E-state index is 0.123. The molecule has 0 saturated carbocycles. The summed E-state index contributed by atoms with van der Waals surface area (Å²) in [4.78, 5) is 28.7. The standard InChI is InChI=1S/C12H18N2O4S/c1-2-18-11(15)7-9-10(19-12(16)13-9)8-14-3-5-17-6-4-14/h2-8H2,1H3,(H,13,16). The van der Waals surface area contributed by atoms with Gasteiger partial charge in [-0.3, -0.25) is 14.5 Å². The van der Waals surface area contributed by atoms with E-state index in [9.17, 15) is 9.59 Å². The van der Waals surface area contributed by atoms with Crippen molar-refractivity contribution in [3.05, 3.63) is 20.2 Å². The highest BCUT2D eigenvalue weighted by molar-refractivity contribution is 7.09. The van der Waals surface area contributed by atoms with Crippen LogP contribution in [0.5, 0.6) is 0 Å². The van der Waals surface area contributed by atoms with Gasteiger partial charge in [0.25, 0.3) is 0 Å². The molecule has 0 radical (unpaired) electrons. The van der Waals surface area contributed by atoms with Gasteiger partial charge in [-0.1, -0.05) is 11.3 Å². The zero-order valence-electron chi connectivity index (χ0n) is 10.9. The number of ether oxygens (including phenoxy) is 2. The van der Waals surface area contributed by atoms with E-state index in [4.69, 9.17) is 9.47 Å². The Labute approximate surface area is 115 Å². The van der Waals surface area contributed by atoms with Gasteiger partial charge in [0.15, 0.2) is 0 Å². The van der Waals surface area contributed by atoms with Crippen LogP contribution in [-0.2, 0) is 27.2 Å². The highest BCUT2D eigenvalue weighted by Crippen LogP contribution is 2.14. The predicted molar refractivity (Wildman–Crippen MR) is 71.4 cm³/mol. The highest BCUT2D eigenvalue weighted by Gasteiger charge is 2.17. The van der Waals surface area contributed by atoms with E-state index in [-0.39, 0.29) is 17.3 Å². The van der Waals surface area contributed by atoms with Crippen LogP contribution in [0.1, 0.15) is 17.5 Å². The van der Waals surface area contributed by atoms with Crippen molar-refractivity contribution in [3.8, 4) is 0 Å². The lowest BCUT2D eigenvalue weighted by Gasteiger charge is -2.26. The van der Waals surface area contributed by atoms with Gasteiger partial charge >= 0.3 is 10.8 Å². The van der Waals surface area contributed by atoms with Crippen LogP contribution in [0.2, 0.25) is 0 Å². The number of hydrogen-bond acceptors (Lipinski definition) is 6. The van der Waals surface area contributed by atoms with Gasteiger partial charge in [-0.2, -0.15) is 0 Å². The van der Waals surface area contributed by atoms with Gasteiger partial charge < -0.3 is 14.5 Å². The van der Waals surface area contributed by atoms with E-state index in [1.165, 1.54) is 11.3 Å². The lowest BCUT2D eigenvalue weighted by molar-refractivity contribution is -0.142. The number of nitrogens with zero attached hydrogens (tertiary/aromatic N) is 1. The Bertz CT molecular complexity index is 476. The molecule has 1 aromatic heterocycles. The Kier molecular flexibility index (Phi) is 5.12. The van der Waals surface area contributed by atoms with Gasteiger partial charge in [0.2, 0.25) is 0 Å². The molecule has 106 valence electrons. The summed E-state index contributed by atoms with van der Waals surface area (Å²) in [6, 6.07) is 0. The van der Waals surface area contributed by atoms with Gasteiger partial charge in [0.05, 0.1) is 26.2 Å². The SMILES string of the molecule is CCOC(=O)Cc1[nH]c(=O)sc1CN1CCOCC1. The van der Waals surface area contributed by atoms with Crippen LogP contribution in [0.3, 0.4) is 0 Å². The van der Waals surface area contributed by atoms with Crippen LogP contribution >= 0.6 is 11.3 Å². The zero-order chi connectivity index (χ0) is 13.7. The first-order valence-electron chi connectivity index (χ1n) is 6.35. The number of nitrogens with one attached hydrogen (secondary N) is 1. The number of aromatic nitrogens is 1. The van der Waals surface area contributed by atoms with Crippen LogP contribution in [0, 0.1) is 0 Å². The number of H-pyrrole nitrogens is 1. The molecule has 0 atom stereocenters. The lowest BCUT2D eigenvalue weighted by atomic mass is 10.2. The third kappa shape index (κ3) is 4.15. The predicted octanol–water partition coefficient (Wildman–Crippen LogP) is 0.374. The van der Waals surface area contributed by atoms with Crippen molar-refractivity contribution in [1.29, 1.82) is 0 Å². The van der Waals surface area contributed by atoms with Gasteiger partial charge in [0.1, 0.15) is 0 Å². The Morgan fingerprint density at radius 1 is 1.47 bits per heavy atom. The van der Waals surface area contributed by atoms with E-state index in [2.05, 4.69) is 9.88 Å². The van der Waals surface area contributed by atoms with Crippen LogP contribution < -0.4 is 4.87 Å². The molecule has 0 bridgehead atoms. The lowest BCUT2D eigenvalue weighted by Crippen LogP contribution is -2.35. The topological polar surface area (TPSA) is 71.6 Å². The minimum atomic E-state index is -0.306. The molecule has 1 saturated heterocycles. The van der Waals surface area contributed by atoms with Gasteiger partial charge in [0, 0.05) is 30.2 Å². The van der Waals surface area contributed by atoms with E-state index < -0.39 is 0 Å².